The Bertz CT molecular complexity index is 578. The summed E-state index contributed by atoms with van der Waals surface area (Å²) in [7, 11) is 0. The lowest BCUT2D eigenvalue weighted by Gasteiger charge is -2.45. The van der Waals surface area contributed by atoms with Gasteiger partial charge in [-0.1, -0.05) is 50.3 Å². The molecular formula is C21H32ClN3O. The molecule has 4 nitrogen and oxygen atoms in total. The summed E-state index contributed by atoms with van der Waals surface area (Å²) < 4.78 is 0. The van der Waals surface area contributed by atoms with Gasteiger partial charge in [0.1, 0.15) is 5.54 Å². The number of para-hydroxylation sites is 1. The van der Waals surface area contributed by atoms with Gasteiger partial charge in [0.05, 0.1) is 6.67 Å². The van der Waals surface area contributed by atoms with Gasteiger partial charge < -0.3 is 15.1 Å². The van der Waals surface area contributed by atoms with Gasteiger partial charge in [-0.3, -0.25) is 4.79 Å². The van der Waals surface area contributed by atoms with Crippen LogP contribution in [0.1, 0.15) is 57.8 Å². The number of nitrogens with one attached hydrogen (secondary N) is 1. The summed E-state index contributed by atoms with van der Waals surface area (Å²) in [5, 5.41) is 3.11. The summed E-state index contributed by atoms with van der Waals surface area (Å²) in [5.41, 5.74) is 0.833. The number of hydrogen-bond acceptors (Lipinski definition) is 3. The third-order valence-corrected chi connectivity index (χ3v) is 6.62. The SMILES string of the molecule is Cl.O=C1NCN(c2ccccc2)C12CCN(C1CCCCCCC1)CC2. The normalized spacial score (nSPS) is 24.6. The zero-order chi connectivity index (χ0) is 17.1. The summed E-state index contributed by atoms with van der Waals surface area (Å²) in [5.74, 6) is 0.230. The maximum Gasteiger partial charge on any atom is 0.247 e. The van der Waals surface area contributed by atoms with E-state index in [4.69, 9.17) is 0 Å². The fourth-order valence-corrected chi connectivity index (χ4v) is 5.09. The van der Waals surface area contributed by atoms with Crippen LogP contribution in [0.4, 0.5) is 5.69 Å². The third-order valence-electron chi connectivity index (χ3n) is 6.62. The monoisotopic (exact) mass is 377 g/mol. The lowest BCUT2D eigenvalue weighted by atomic mass is 9.84. The highest BCUT2D eigenvalue weighted by Gasteiger charge is 2.50. The standard InChI is InChI=1S/C21H31N3O.ClH/c25-20-21(24(17-22-20)19-11-7-4-8-12-19)13-15-23(16-14-21)18-9-5-2-1-3-6-10-18;/h4,7-8,11-12,18H,1-3,5-6,9-10,13-17H2,(H,22,25);1H. The zero-order valence-corrected chi connectivity index (χ0v) is 16.5. The fraction of sp³-hybridized carbons (Fsp3) is 0.667. The van der Waals surface area contributed by atoms with Crippen LogP contribution < -0.4 is 10.2 Å². The van der Waals surface area contributed by atoms with Crippen molar-refractivity contribution in [1.82, 2.24) is 10.2 Å². The average molecular weight is 378 g/mol. The molecule has 0 unspecified atom stereocenters. The van der Waals surface area contributed by atoms with Crippen molar-refractivity contribution in [3.8, 4) is 0 Å². The number of nitrogens with zero attached hydrogens (tertiary/aromatic N) is 2. The van der Waals surface area contributed by atoms with Gasteiger partial charge in [0, 0.05) is 24.8 Å². The molecule has 0 radical (unpaired) electrons. The van der Waals surface area contributed by atoms with Crippen LogP contribution in [0.15, 0.2) is 30.3 Å². The van der Waals surface area contributed by atoms with Crippen molar-refractivity contribution in [2.75, 3.05) is 24.7 Å². The van der Waals surface area contributed by atoms with E-state index in [1.165, 1.54) is 50.6 Å². The van der Waals surface area contributed by atoms with Gasteiger partial charge in [-0.05, 0) is 37.8 Å². The number of benzene rings is 1. The number of likely N-dealkylation sites (tertiary alicyclic amines) is 1. The molecule has 3 aliphatic rings. The number of piperidine rings is 1. The largest absolute Gasteiger partial charge is 0.339 e. The van der Waals surface area contributed by atoms with E-state index in [1.807, 2.05) is 6.07 Å². The molecule has 26 heavy (non-hydrogen) atoms. The molecule has 1 aromatic rings. The van der Waals surface area contributed by atoms with Gasteiger partial charge in [0.25, 0.3) is 0 Å². The molecule has 0 bridgehead atoms. The van der Waals surface area contributed by atoms with E-state index in [9.17, 15) is 4.79 Å². The van der Waals surface area contributed by atoms with E-state index >= 15 is 0 Å². The Morgan fingerprint density at radius 3 is 2.19 bits per heavy atom. The first-order valence-corrected chi connectivity index (χ1v) is 10.1. The molecule has 2 saturated heterocycles. The van der Waals surface area contributed by atoms with E-state index in [1.54, 1.807) is 0 Å². The smallest absolute Gasteiger partial charge is 0.247 e. The summed E-state index contributed by atoms with van der Waals surface area (Å²) in [6, 6.07) is 11.2. The van der Waals surface area contributed by atoms with E-state index in [-0.39, 0.29) is 23.9 Å². The van der Waals surface area contributed by atoms with Crippen LogP contribution in [0.25, 0.3) is 0 Å². The molecule has 5 heteroatoms. The highest BCUT2D eigenvalue weighted by atomic mass is 35.5. The maximum atomic E-state index is 12.7. The molecule has 1 saturated carbocycles. The summed E-state index contributed by atoms with van der Waals surface area (Å²) in [6.45, 7) is 2.76. The minimum atomic E-state index is -0.334. The summed E-state index contributed by atoms with van der Waals surface area (Å²) in [4.78, 5) is 17.7. The number of hydrogen-bond donors (Lipinski definition) is 1. The molecule has 0 atom stereocenters. The number of amides is 1. The Hall–Kier alpha value is -1.26. The molecule has 2 heterocycles. The Balaban J connectivity index is 0.00000196. The van der Waals surface area contributed by atoms with Crippen LogP contribution in [0.2, 0.25) is 0 Å². The molecule has 4 rings (SSSR count). The minimum absolute atomic E-state index is 0. The lowest BCUT2D eigenvalue weighted by Crippen LogP contribution is -2.57. The lowest BCUT2D eigenvalue weighted by molar-refractivity contribution is -0.125. The highest BCUT2D eigenvalue weighted by Crippen LogP contribution is 2.37. The van der Waals surface area contributed by atoms with E-state index < -0.39 is 0 Å². The Labute approximate surface area is 163 Å². The molecular weight excluding hydrogens is 346 g/mol. The van der Waals surface area contributed by atoms with Crippen LogP contribution in [0, 0.1) is 0 Å². The Morgan fingerprint density at radius 1 is 0.923 bits per heavy atom. The number of carbonyl (C=O) groups excluding carboxylic acids is 1. The topological polar surface area (TPSA) is 35.6 Å². The van der Waals surface area contributed by atoms with Crippen molar-refractivity contribution < 1.29 is 4.79 Å². The molecule has 1 N–H and O–H groups in total. The molecule has 1 aliphatic carbocycles. The predicted octanol–water partition coefficient (Wildman–Crippen LogP) is 3.95. The number of carbonyl (C=O) groups is 1. The average Bonchev–Trinajstić information content (AvgIpc) is 2.93. The van der Waals surface area contributed by atoms with Crippen LogP contribution in [-0.2, 0) is 4.79 Å². The van der Waals surface area contributed by atoms with Crippen LogP contribution >= 0.6 is 12.4 Å². The molecule has 3 fully saturated rings. The van der Waals surface area contributed by atoms with Crippen molar-refractivity contribution >= 4 is 24.0 Å². The van der Waals surface area contributed by atoms with Crippen molar-refractivity contribution in [3.05, 3.63) is 30.3 Å². The van der Waals surface area contributed by atoms with Crippen molar-refractivity contribution in [1.29, 1.82) is 0 Å². The number of rotatable bonds is 2. The summed E-state index contributed by atoms with van der Waals surface area (Å²) >= 11 is 0. The van der Waals surface area contributed by atoms with Crippen LogP contribution in [0.3, 0.4) is 0 Å². The zero-order valence-electron chi connectivity index (χ0n) is 15.7. The van der Waals surface area contributed by atoms with Gasteiger partial charge >= 0.3 is 0 Å². The van der Waals surface area contributed by atoms with Crippen LogP contribution in [0.5, 0.6) is 0 Å². The van der Waals surface area contributed by atoms with Crippen molar-refractivity contribution in [2.45, 2.75) is 69.4 Å². The third kappa shape index (κ3) is 3.72. The van der Waals surface area contributed by atoms with Gasteiger partial charge in [0.15, 0.2) is 0 Å². The van der Waals surface area contributed by atoms with Crippen LogP contribution in [-0.4, -0.2) is 42.1 Å². The Morgan fingerprint density at radius 2 is 1.54 bits per heavy atom. The number of anilines is 1. The van der Waals surface area contributed by atoms with E-state index in [0.29, 0.717) is 6.67 Å². The molecule has 1 aromatic carbocycles. The quantitative estimate of drug-likeness (QED) is 0.847. The van der Waals surface area contributed by atoms with E-state index in [0.717, 1.165) is 32.0 Å². The molecule has 2 aliphatic heterocycles. The minimum Gasteiger partial charge on any atom is -0.339 e. The van der Waals surface area contributed by atoms with Crippen molar-refractivity contribution in [2.24, 2.45) is 0 Å². The maximum absolute atomic E-state index is 12.7. The molecule has 144 valence electrons. The molecule has 0 aromatic heterocycles. The van der Waals surface area contributed by atoms with Gasteiger partial charge in [-0.2, -0.15) is 0 Å². The number of halogens is 1. The van der Waals surface area contributed by atoms with Gasteiger partial charge in [0.2, 0.25) is 5.91 Å². The first-order chi connectivity index (χ1) is 12.3. The van der Waals surface area contributed by atoms with Gasteiger partial charge in [-0.15, -0.1) is 12.4 Å². The second-order valence-electron chi connectivity index (χ2n) is 7.99. The summed E-state index contributed by atoms with van der Waals surface area (Å²) in [6.07, 6.45) is 11.6. The first-order valence-electron chi connectivity index (χ1n) is 10.1. The second-order valence-corrected chi connectivity index (χ2v) is 7.99. The predicted molar refractivity (Wildman–Crippen MR) is 109 cm³/mol. The second kappa shape index (κ2) is 8.62. The highest BCUT2D eigenvalue weighted by molar-refractivity contribution is 5.93. The first kappa shape index (κ1) is 19.5. The van der Waals surface area contributed by atoms with Crippen molar-refractivity contribution in [3.63, 3.8) is 0 Å². The Kier molecular flexibility index (Phi) is 6.46. The fourth-order valence-electron chi connectivity index (χ4n) is 5.09. The van der Waals surface area contributed by atoms with E-state index in [2.05, 4.69) is 39.4 Å². The molecule has 1 amide bonds. The van der Waals surface area contributed by atoms with Gasteiger partial charge in [-0.25, -0.2) is 0 Å². The molecule has 1 spiro atoms.